The standard InChI is InChI=1S/C30H31FO2.Na/c1-18-3-14-28(31)27(15-18)22-8-4-20(5-9-22)24-12-6-21-7-13-25(17-26(21)16-24)29(23-10-11-23)19(2)30(32)33;/h3-5,7-9,13-15,17,19,23-24,29H,6,10-12,16H2,1-2H3,(H,32,33);/q;+1/p-1/t19-,24?,29-;/m0./s1. The fourth-order valence-electron chi connectivity index (χ4n) is 5.64. The van der Waals surface area contributed by atoms with E-state index in [-0.39, 0.29) is 41.3 Å². The molecular formula is C30H30FNaO2. The van der Waals surface area contributed by atoms with Crippen molar-refractivity contribution in [3.63, 3.8) is 0 Å². The molecule has 0 spiro atoms. The molecule has 0 radical (unpaired) electrons. The summed E-state index contributed by atoms with van der Waals surface area (Å²) in [5.41, 5.74) is 7.75. The molecule has 2 nitrogen and oxygen atoms in total. The van der Waals surface area contributed by atoms with Crippen LogP contribution in [-0.2, 0) is 17.6 Å². The summed E-state index contributed by atoms with van der Waals surface area (Å²) in [6, 6.07) is 20.2. The van der Waals surface area contributed by atoms with Crippen LogP contribution in [0.5, 0.6) is 0 Å². The molecule has 5 rings (SSSR count). The van der Waals surface area contributed by atoms with Crippen LogP contribution in [0.1, 0.15) is 65.8 Å². The number of aryl methyl sites for hydroxylation is 2. The number of hydrogen-bond donors (Lipinski definition) is 0. The first kappa shape index (κ1) is 25.2. The molecule has 3 aromatic carbocycles. The van der Waals surface area contributed by atoms with Crippen molar-refractivity contribution in [2.24, 2.45) is 11.8 Å². The summed E-state index contributed by atoms with van der Waals surface area (Å²) in [5.74, 6) is -0.684. The number of rotatable bonds is 6. The van der Waals surface area contributed by atoms with Crippen molar-refractivity contribution < 1.29 is 43.8 Å². The van der Waals surface area contributed by atoms with Gasteiger partial charge in [0.1, 0.15) is 5.82 Å². The van der Waals surface area contributed by atoms with Crippen LogP contribution in [0.15, 0.2) is 60.7 Å². The Morgan fingerprint density at radius 1 is 0.971 bits per heavy atom. The third kappa shape index (κ3) is 5.17. The summed E-state index contributed by atoms with van der Waals surface area (Å²) in [4.78, 5) is 11.6. The Hall–Kier alpha value is -1.94. The van der Waals surface area contributed by atoms with Crippen LogP contribution in [0.25, 0.3) is 11.1 Å². The van der Waals surface area contributed by atoms with Crippen LogP contribution in [0, 0.1) is 24.6 Å². The second-order valence-corrected chi connectivity index (χ2v) is 10.0. The van der Waals surface area contributed by atoms with Gasteiger partial charge in [-0.3, -0.25) is 0 Å². The van der Waals surface area contributed by atoms with Crippen molar-refractivity contribution in [3.8, 4) is 11.1 Å². The molecular weight excluding hydrogens is 434 g/mol. The fourth-order valence-corrected chi connectivity index (χ4v) is 5.64. The Bertz CT molecular complexity index is 1180. The minimum atomic E-state index is -0.951. The third-order valence-electron chi connectivity index (χ3n) is 7.70. The number of aliphatic carboxylic acids is 1. The van der Waals surface area contributed by atoms with Gasteiger partial charge in [0.25, 0.3) is 0 Å². The smallest absolute Gasteiger partial charge is 0.550 e. The van der Waals surface area contributed by atoms with Crippen LogP contribution < -0.4 is 34.7 Å². The maximum atomic E-state index is 14.3. The number of carboxylic acids is 1. The number of carboxylic acid groups (broad SMARTS) is 1. The first-order valence-corrected chi connectivity index (χ1v) is 12.1. The van der Waals surface area contributed by atoms with Crippen molar-refractivity contribution in [1.29, 1.82) is 0 Å². The van der Waals surface area contributed by atoms with E-state index < -0.39 is 11.9 Å². The number of benzene rings is 3. The van der Waals surface area contributed by atoms with Gasteiger partial charge in [-0.25, -0.2) is 4.39 Å². The van der Waals surface area contributed by atoms with Gasteiger partial charge in [0.2, 0.25) is 0 Å². The normalized spacial score (nSPS) is 19.0. The second kappa shape index (κ2) is 10.4. The summed E-state index contributed by atoms with van der Waals surface area (Å²) >= 11 is 0. The maximum absolute atomic E-state index is 14.3. The Morgan fingerprint density at radius 2 is 1.71 bits per heavy atom. The molecule has 4 heteroatoms. The number of halogens is 1. The molecule has 0 bridgehead atoms. The van der Waals surface area contributed by atoms with Crippen molar-refractivity contribution >= 4 is 5.97 Å². The molecule has 1 saturated carbocycles. The van der Waals surface area contributed by atoms with E-state index in [2.05, 4.69) is 30.3 Å². The quantitative estimate of drug-likeness (QED) is 0.527. The summed E-state index contributed by atoms with van der Waals surface area (Å²) in [6.07, 6.45) is 5.29. The molecule has 2 aliphatic carbocycles. The molecule has 0 heterocycles. The first-order chi connectivity index (χ1) is 15.9. The Balaban J connectivity index is 0.00000274. The SMILES string of the molecule is Cc1ccc(F)c(-c2ccc(C3CCc4ccc([C@H](C5CC5)[C@H](C)C(=O)[O-])cc4C3)cc2)c1.[Na+]. The van der Waals surface area contributed by atoms with E-state index in [9.17, 15) is 14.3 Å². The third-order valence-corrected chi connectivity index (χ3v) is 7.70. The predicted octanol–water partition coefficient (Wildman–Crippen LogP) is 2.96. The number of carbonyl (C=O) groups is 1. The van der Waals surface area contributed by atoms with E-state index in [4.69, 9.17) is 0 Å². The molecule has 0 aliphatic heterocycles. The molecule has 0 N–H and O–H groups in total. The number of carbonyl (C=O) groups excluding carboxylic acids is 1. The van der Waals surface area contributed by atoms with E-state index in [1.165, 1.54) is 22.8 Å². The van der Waals surface area contributed by atoms with Gasteiger partial charge in [-0.15, -0.1) is 0 Å². The zero-order valence-electron chi connectivity index (χ0n) is 20.3. The Morgan fingerprint density at radius 3 is 2.38 bits per heavy atom. The fraction of sp³-hybridized carbons (Fsp3) is 0.367. The van der Waals surface area contributed by atoms with E-state index in [0.29, 0.717) is 17.4 Å². The Kier molecular flexibility index (Phi) is 7.66. The average molecular weight is 465 g/mol. The van der Waals surface area contributed by atoms with E-state index in [1.807, 2.05) is 25.1 Å². The van der Waals surface area contributed by atoms with Crippen molar-refractivity contribution in [1.82, 2.24) is 0 Å². The molecule has 34 heavy (non-hydrogen) atoms. The molecule has 1 unspecified atom stereocenters. The average Bonchev–Trinajstić information content (AvgIpc) is 3.65. The zero-order chi connectivity index (χ0) is 23.1. The van der Waals surface area contributed by atoms with E-state index in [1.54, 1.807) is 13.0 Å². The molecule has 1 fully saturated rings. The molecule has 3 atom stereocenters. The van der Waals surface area contributed by atoms with Gasteiger partial charge in [-0.2, -0.15) is 0 Å². The minimum Gasteiger partial charge on any atom is -0.550 e. The minimum absolute atomic E-state index is 0. The molecule has 3 aromatic rings. The number of fused-ring (bicyclic) bond motifs is 1. The summed E-state index contributed by atoms with van der Waals surface area (Å²) in [7, 11) is 0. The van der Waals surface area contributed by atoms with Crippen molar-refractivity contribution in [2.75, 3.05) is 0 Å². The largest absolute Gasteiger partial charge is 1.00 e. The van der Waals surface area contributed by atoms with Gasteiger partial charge in [-0.1, -0.05) is 61.0 Å². The van der Waals surface area contributed by atoms with Crippen molar-refractivity contribution in [3.05, 3.63) is 94.3 Å². The summed E-state index contributed by atoms with van der Waals surface area (Å²) in [6.45, 7) is 3.77. The molecule has 0 saturated heterocycles. The predicted molar refractivity (Wildman–Crippen MR) is 127 cm³/mol. The van der Waals surface area contributed by atoms with Crippen LogP contribution in [0.4, 0.5) is 4.39 Å². The van der Waals surface area contributed by atoms with Gasteiger partial charge in [-0.05, 0) is 96.7 Å². The summed E-state index contributed by atoms with van der Waals surface area (Å²) < 4.78 is 14.3. The molecule has 0 amide bonds. The van der Waals surface area contributed by atoms with Gasteiger partial charge in [0.05, 0.1) is 0 Å². The number of hydrogen-bond acceptors (Lipinski definition) is 2. The van der Waals surface area contributed by atoms with Gasteiger partial charge >= 0.3 is 29.6 Å². The molecule has 170 valence electrons. The van der Waals surface area contributed by atoms with Crippen molar-refractivity contribution in [2.45, 2.75) is 57.8 Å². The molecule has 0 aromatic heterocycles. The van der Waals surface area contributed by atoms with Crippen LogP contribution in [-0.4, -0.2) is 5.97 Å². The maximum Gasteiger partial charge on any atom is 1.00 e. The monoisotopic (exact) mass is 464 g/mol. The van der Waals surface area contributed by atoms with Crippen LogP contribution in [0.2, 0.25) is 0 Å². The van der Waals surface area contributed by atoms with Gasteiger partial charge in [0.15, 0.2) is 0 Å². The molecule has 2 aliphatic rings. The van der Waals surface area contributed by atoms with Gasteiger partial charge < -0.3 is 9.90 Å². The zero-order valence-corrected chi connectivity index (χ0v) is 22.3. The van der Waals surface area contributed by atoms with Crippen LogP contribution >= 0.6 is 0 Å². The van der Waals surface area contributed by atoms with E-state index >= 15 is 0 Å². The Labute approximate surface area is 223 Å². The van der Waals surface area contributed by atoms with Gasteiger partial charge in [0, 0.05) is 17.5 Å². The summed E-state index contributed by atoms with van der Waals surface area (Å²) in [5, 5.41) is 11.6. The van der Waals surface area contributed by atoms with E-state index in [0.717, 1.165) is 48.8 Å². The van der Waals surface area contributed by atoms with Crippen LogP contribution in [0.3, 0.4) is 0 Å². The first-order valence-electron chi connectivity index (χ1n) is 12.1. The second-order valence-electron chi connectivity index (χ2n) is 10.0. The topological polar surface area (TPSA) is 40.1 Å².